The molecule has 144 valence electrons. The maximum atomic E-state index is 12.5. The Bertz CT molecular complexity index is 626. The van der Waals surface area contributed by atoms with E-state index in [0.29, 0.717) is 35.8 Å². The van der Waals surface area contributed by atoms with Crippen LogP contribution in [-0.4, -0.2) is 30.1 Å². The Morgan fingerprint density at radius 2 is 1.65 bits per heavy atom. The Morgan fingerprint density at radius 1 is 1.08 bits per heavy atom. The van der Waals surface area contributed by atoms with Gasteiger partial charge in [-0.1, -0.05) is 12.1 Å². The van der Waals surface area contributed by atoms with E-state index in [1.54, 1.807) is 6.07 Å². The molecule has 0 saturated carbocycles. The molecule has 3 amide bonds. The maximum absolute atomic E-state index is 12.5. The van der Waals surface area contributed by atoms with Gasteiger partial charge in [0, 0.05) is 24.5 Å². The molecule has 0 spiro atoms. The molecule has 2 saturated heterocycles. The maximum Gasteiger partial charge on any atom is 0.319 e. The number of nitrogens with one attached hydrogen (secondary N) is 4. The Balaban J connectivity index is 0.00000243. The van der Waals surface area contributed by atoms with Crippen molar-refractivity contribution in [2.45, 2.75) is 64.1 Å². The van der Waals surface area contributed by atoms with Crippen LogP contribution < -0.4 is 21.3 Å². The molecule has 7 heteroatoms. The number of hydrogen-bond donors (Lipinski definition) is 4. The van der Waals surface area contributed by atoms with Crippen molar-refractivity contribution in [2.24, 2.45) is 5.92 Å². The second kappa shape index (κ2) is 9.24. The molecular formula is C19H29ClN4O2. The van der Waals surface area contributed by atoms with E-state index in [1.807, 2.05) is 32.0 Å². The fraction of sp³-hybridized carbons (Fsp3) is 0.579. The summed E-state index contributed by atoms with van der Waals surface area (Å²) in [6.45, 7) is 3.80. The van der Waals surface area contributed by atoms with Crippen LogP contribution in [0, 0.1) is 5.92 Å². The van der Waals surface area contributed by atoms with Gasteiger partial charge in [-0.15, -0.1) is 12.4 Å². The summed E-state index contributed by atoms with van der Waals surface area (Å²) in [5, 5.41) is 12.2. The number of carbonyl (C=O) groups is 2. The number of fused-ring (bicyclic) bond motifs is 2. The predicted molar refractivity (Wildman–Crippen MR) is 107 cm³/mol. The van der Waals surface area contributed by atoms with Crippen molar-refractivity contribution in [3.63, 3.8) is 0 Å². The lowest BCUT2D eigenvalue weighted by Crippen LogP contribution is -2.39. The molecule has 1 aromatic rings. The van der Waals surface area contributed by atoms with Crippen LogP contribution in [0.25, 0.3) is 0 Å². The average Bonchev–Trinajstić information content (AvgIpc) is 2.87. The molecule has 0 aliphatic carbocycles. The number of benzene rings is 1. The van der Waals surface area contributed by atoms with Crippen LogP contribution in [0.15, 0.2) is 24.3 Å². The quantitative estimate of drug-likeness (QED) is 0.631. The summed E-state index contributed by atoms with van der Waals surface area (Å²) in [5.41, 5.74) is 1.25. The monoisotopic (exact) mass is 380 g/mol. The zero-order valence-electron chi connectivity index (χ0n) is 15.4. The summed E-state index contributed by atoms with van der Waals surface area (Å²) in [6, 6.07) is 8.26. The van der Waals surface area contributed by atoms with Gasteiger partial charge >= 0.3 is 6.03 Å². The molecule has 0 aromatic heterocycles. The second-order valence-corrected chi connectivity index (χ2v) is 7.53. The molecule has 2 atom stereocenters. The zero-order chi connectivity index (χ0) is 17.8. The van der Waals surface area contributed by atoms with Crippen LogP contribution in [0.1, 0.15) is 46.0 Å². The highest BCUT2D eigenvalue weighted by molar-refractivity contribution is 5.99. The summed E-state index contributed by atoms with van der Waals surface area (Å²) in [4.78, 5) is 24.4. The Hall–Kier alpha value is -1.79. The lowest BCUT2D eigenvalue weighted by atomic mass is 9.89. The van der Waals surface area contributed by atoms with Crippen LogP contribution in [0.4, 0.5) is 16.2 Å². The van der Waals surface area contributed by atoms with Gasteiger partial charge in [0.15, 0.2) is 0 Å². The van der Waals surface area contributed by atoms with Crippen LogP contribution >= 0.6 is 12.4 Å². The number of hydrogen-bond acceptors (Lipinski definition) is 3. The minimum atomic E-state index is -0.272. The normalized spacial score (nSPS) is 23.9. The van der Waals surface area contributed by atoms with E-state index < -0.39 is 0 Å². The van der Waals surface area contributed by atoms with Gasteiger partial charge in [-0.05, 0) is 57.6 Å². The first-order valence-corrected chi connectivity index (χ1v) is 9.22. The molecule has 26 heavy (non-hydrogen) atoms. The molecule has 6 nitrogen and oxygen atoms in total. The van der Waals surface area contributed by atoms with Gasteiger partial charge in [-0.3, -0.25) is 4.79 Å². The highest BCUT2D eigenvalue weighted by Crippen LogP contribution is 2.33. The number of anilines is 2. The van der Waals surface area contributed by atoms with E-state index in [0.717, 1.165) is 12.8 Å². The van der Waals surface area contributed by atoms with Crippen molar-refractivity contribution < 1.29 is 9.59 Å². The number of carbonyl (C=O) groups excluding carboxylic acids is 2. The number of halogens is 1. The molecule has 3 rings (SSSR count). The van der Waals surface area contributed by atoms with E-state index in [2.05, 4.69) is 21.3 Å². The summed E-state index contributed by atoms with van der Waals surface area (Å²) < 4.78 is 0. The minimum absolute atomic E-state index is 0. The van der Waals surface area contributed by atoms with Gasteiger partial charge in [-0.25, -0.2) is 4.79 Å². The number of amides is 3. The number of piperidine rings is 1. The predicted octanol–water partition coefficient (Wildman–Crippen LogP) is 3.50. The lowest BCUT2D eigenvalue weighted by Gasteiger charge is -2.28. The first-order valence-electron chi connectivity index (χ1n) is 9.22. The van der Waals surface area contributed by atoms with E-state index in [1.165, 1.54) is 12.8 Å². The standard InChI is InChI=1S/C19H28N4O2.ClH/c1-12(2)20-19(25)23-17-6-4-3-5-16(17)22-18(24)11-13-9-14-7-8-15(10-13)21-14;/h3-6,12-15,21H,7-11H2,1-2H3,(H,22,24)(H2,20,23,25);1H. The highest BCUT2D eigenvalue weighted by atomic mass is 35.5. The Morgan fingerprint density at radius 3 is 2.23 bits per heavy atom. The topological polar surface area (TPSA) is 82.3 Å². The molecule has 0 radical (unpaired) electrons. The van der Waals surface area contributed by atoms with E-state index in [4.69, 9.17) is 0 Å². The number of rotatable bonds is 5. The molecular weight excluding hydrogens is 352 g/mol. The van der Waals surface area contributed by atoms with Gasteiger partial charge in [0.2, 0.25) is 5.91 Å². The summed E-state index contributed by atoms with van der Waals surface area (Å²) >= 11 is 0. The van der Waals surface area contributed by atoms with Gasteiger partial charge < -0.3 is 21.3 Å². The minimum Gasteiger partial charge on any atom is -0.336 e. The van der Waals surface area contributed by atoms with Gasteiger partial charge in [0.25, 0.3) is 0 Å². The molecule has 2 aliphatic rings. The van der Waals surface area contributed by atoms with Crippen molar-refractivity contribution in [3.8, 4) is 0 Å². The summed E-state index contributed by atoms with van der Waals surface area (Å²) in [7, 11) is 0. The third-order valence-electron chi connectivity index (χ3n) is 4.91. The average molecular weight is 381 g/mol. The summed E-state index contributed by atoms with van der Waals surface area (Å²) in [6.07, 6.45) is 5.18. The van der Waals surface area contributed by atoms with Crippen molar-refractivity contribution in [1.29, 1.82) is 0 Å². The number of para-hydroxylation sites is 2. The molecule has 2 fully saturated rings. The van der Waals surface area contributed by atoms with Crippen LogP contribution in [0.2, 0.25) is 0 Å². The Kier molecular flexibility index (Phi) is 7.29. The number of urea groups is 1. The molecule has 2 aliphatic heterocycles. The smallest absolute Gasteiger partial charge is 0.319 e. The van der Waals surface area contributed by atoms with Crippen molar-refractivity contribution in [3.05, 3.63) is 24.3 Å². The largest absolute Gasteiger partial charge is 0.336 e. The van der Waals surface area contributed by atoms with Crippen LogP contribution in [0.3, 0.4) is 0 Å². The second-order valence-electron chi connectivity index (χ2n) is 7.53. The highest BCUT2D eigenvalue weighted by Gasteiger charge is 2.34. The molecule has 1 aromatic carbocycles. The molecule has 2 heterocycles. The third kappa shape index (κ3) is 5.61. The fourth-order valence-electron chi connectivity index (χ4n) is 3.93. The third-order valence-corrected chi connectivity index (χ3v) is 4.91. The first-order chi connectivity index (χ1) is 12.0. The van der Waals surface area contributed by atoms with Crippen molar-refractivity contribution in [1.82, 2.24) is 10.6 Å². The SMILES string of the molecule is CC(C)NC(=O)Nc1ccccc1NC(=O)CC1CC2CCC(C1)N2.Cl. The fourth-order valence-corrected chi connectivity index (χ4v) is 3.93. The van der Waals surface area contributed by atoms with Crippen LogP contribution in [-0.2, 0) is 4.79 Å². The zero-order valence-corrected chi connectivity index (χ0v) is 16.2. The van der Waals surface area contributed by atoms with Crippen LogP contribution in [0.5, 0.6) is 0 Å². The van der Waals surface area contributed by atoms with E-state index in [-0.39, 0.29) is 30.4 Å². The van der Waals surface area contributed by atoms with Gasteiger partial charge in [0.1, 0.15) is 0 Å². The molecule has 4 N–H and O–H groups in total. The molecule has 2 bridgehead atoms. The Labute approximate surface area is 161 Å². The van der Waals surface area contributed by atoms with Crippen molar-refractivity contribution >= 4 is 35.7 Å². The lowest BCUT2D eigenvalue weighted by molar-refractivity contribution is -0.117. The molecule has 2 unspecified atom stereocenters. The van der Waals surface area contributed by atoms with Gasteiger partial charge in [0.05, 0.1) is 11.4 Å². The van der Waals surface area contributed by atoms with E-state index >= 15 is 0 Å². The summed E-state index contributed by atoms with van der Waals surface area (Å²) in [5.74, 6) is 0.466. The van der Waals surface area contributed by atoms with Gasteiger partial charge in [-0.2, -0.15) is 0 Å². The van der Waals surface area contributed by atoms with Crippen molar-refractivity contribution in [2.75, 3.05) is 10.6 Å². The first kappa shape index (κ1) is 20.5. The van der Waals surface area contributed by atoms with E-state index in [9.17, 15) is 9.59 Å².